The predicted octanol–water partition coefficient (Wildman–Crippen LogP) is 1.99. The predicted molar refractivity (Wildman–Crippen MR) is 79.4 cm³/mol. The van der Waals surface area contributed by atoms with Crippen molar-refractivity contribution in [1.82, 2.24) is 15.5 Å². The topological polar surface area (TPSA) is 88.3 Å². The Bertz CT molecular complexity index is 670. The van der Waals surface area contributed by atoms with E-state index in [9.17, 15) is 9.90 Å². The van der Waals surface area contributed by atoms with E-state index in [0.717, 1.165) is 18.7 Å². The fourth-order valence-electron chi connectivity index (χ4n) is 2.10. The van der Waals surface area contributed by atoms with Gasteiger partial charge in [0.05, 0.1) is 0 Å². The van der Waals surface area contributed by atoms with Crippen LogP contribution in [0.1, 0.15) is 42.1 Å². The van der Waals surface area contributed by atoms with Crippen LogP contribution in [-0.2, 0) is 11.2 Å². The molecule has 1 aromatic carbocycles. The Balaban J connectivity index is 1.50. The number of aliphatic hydroxyl groups excluding tert-OH is 1. The summed E-state index contributed by atoms with van der Waals surface area (Å²) in [5, 5.41) is 16.9. The van der Waals surface area contributed by atoms with Crippen molar-refractivity contribution >= 4 is 17.5 Å². The highest BCUT2D eigenvalue weighted by molar-refractivity contribution is 6.31. The number of carbonyl (C=O) groups is 1. The van der Waals surface area contributed by atoms with Crippen LogP contribution in [-0.4, -0.2) is 27.7 Å². The van der Waals surface area contributed by atoms with E-state index in [0.29, 0.717) is 35.4 Å². The van der Waals surface area contributed by atoms with Crippen LogP contribution >= 0.6 is 11.6 Å². The summed E-state index contributed by atoms with van der Waals surface area (Å²) in [5.41, 5.74) is 0.385. The molecule has 0 aliphatic heterocycles. The van der Waals surface area contributed by atoms with Crippen LogP contribution in [0, 0.1) is 0 Å². The number of amides is 1. The molecule has 6 nitrogen and oxygen atoms in total. The van der Waals surface area contributed by atoms with E-state index in [1.807, 2.05) is 0 Å². The normalized spacial score (nSPS) is 15.5. The maximum atomic E-state index is 11.9. The van der Waals surface area contributed by atoms with Gasteiger partial charge in [0.25, 0.3) is 5.91 Å². The second-order valence-electron chi connectivity index (χ2n) is 5.29. The number of rotatable bonds is 6. The second-order valence-corrected chi connectivity index (χ2v) is 5.69. The van der Waals surface area contributed by atoms with Gasteiger partial charge in [-0.1, -0.05) is 35.0 Å². The van der Waals surface area contributed by atoms with Crippen molar-refractivity contribution in [2.45, 2.75) is 31.3 Å². The number of carbonyl (C=O) groups excluding carboxylic acids is 1. The van der Waals surface area contributed by atoms with Crippen LogP contribution in [0.4, 0.5) is 0 Å². The Morgan fingerprint density at radius 2 is 2.23 bits per heavy atom. The first kappa shape index (κ1) is 15.0. The van der Waals surface area contributed by atoms with E-state index in [1.165, 1.54) is 0 Å². The summed E-state index contributed by atoms with van der Waals surface area (Å²) in [5.74, 6) is 1.18. The Kier molecular flexibility index (Phi) is 4.40. The lowest BCUT2D eigenvalue weighted by molar-refractivity contribution is -0.129. The molecule has 0 spiro atoms. The van der Waals surface area contributed by atoms with Gasteiger partial charge >= 0.3 is 0 Å². The van der Waals surface area contributed by atoms with Crippen molar-refractivity contribution in [3.8, 4) is 0 Å². The lowest BCUT2D eigenvalue weighted by Gasteiger charge is -2.12. The zero-order chi connectivity index (χ0) is 15.5. The number of aromatic nitrogens is 2. The fourth-order valence-corrected chi connectivity index (χ4v) is 2.34. The standard InChI is InChI=1S/C15H16ClN3O3/c16-11-4-2-1-3-10(11)13(20)15(21)17-8-7-12-18-14(19-22-12)9-5-6-9/h1-4,9,13,20H,5-8H2,(H,17,21). The number of halogens is 1. The molecule has 1 aliphatic carbocycles. The van der Waals surface area contributed by atoms with E-state index < -0.39 is 12.0 Å². The number of benzene rings is 1. The SMILES string of the molecule is O=C(NCCc1nc(C2CC2)no1)C(O)c1ccccc1Cl. The van der Waals surface area contributed by atoms with Gasteiger partial charge in [-0.05, 0) is 18.9 Å². The molecular weight excluding hydrogens is 306 g/mol. The van der Waals surface area contributed by atoms with Gasteiger partial charge in [-0.25, -0.2) is 0 Å². The molecule has 1 aromatic heterocycles. The average molecular weight is 322 g/mol. The van der Waals surface area contributed by atoms with Crippen LogP contribution in [0.15, 0.2) is 28.8 Å². The molecule has 1 saturated carbocycles. The van der Waals surface area contributed by atoms with E-state index >= 15 is 0 Å². The van der Waals surface area contributed by atoms with Crippen LogP contribution in [0.5, 0.6) is 0 Å². The highest BCUT2D eigenvalue weighted by atomic mass is 35.5. The Hall–Kier alpha value is -1.92. The molecule has 22 heavy (non-hydrogen) atoms. The minimum absolute atomic E-state index is 0.312. The molecule has 0 radical (unpaired) electrons. The first-order valence-electron chi connectivity index (χ1n) is 7.18. The first-order chi connectivity index (χ1) is 10.6. The molecule has 1 heterocycles. The zero-order valence-electron chi connectivity index (χ0n) is 11.8. The first-order valence-corrected chi connectivity index (χ1v) is 7.55. The summed E-state index contributed by atoms with van der Waals surface area (Å²) in [6, 6.07) is 6.71. The average Bonchev–Trinajstić information content (AvgIpc) is 3.27. The summed E-state index contributed by atoms with van der Waals surface area (Å²) in [6.07, 6.45) is 1.36. The molecule has 0 saturated heterocycles. The monoisotopic (exact) mass is 321 g/mol. The Morgan fingerprint density at radius 3 is 2.95 bits per heavy atom. The van der Waals surface area contributed by atoms with Gasteiger partial charge in [-0.15, -0.1) is 0 Å². The molecule has 1 unspecified atom stereocenters. The maximum absolute atomic E-state index is 11.9. The summed E-state index contributed by atoms with van der Waals surface area (Å²) in [6.45, 7) is 0.312. The van der Waals surface area contributed by atoms with Gasteiger partial charge < -0.3 is 14.9 Å². The van der Waals surface area contributed by atoms with Crippen LogP contribution in [0.2, 0.25) is 5.02 Å². The quantitative estimate of drug-likeness (QED) is 0.849. The lowest BCUT2D eigenvalue weighted by atomic mass is 10.1. The molecule has 1 aliphatic rings. The fraction of sp³-hybridized carbons (Fsp3) is 0.400. The third kappa shape index (κ3) is 3.45. The molecule has 1 fully saturated rings. The van der Waals surface area contributed by atoms with Gasteiger partial charge in [-0.2, -0.15) is 4.98 Å². The van der Waals surface area contributed by atoms with Crippen molar-refractivity contribution in [3.63, 3.8) is 0 Å². The van der Waals surface area contributed by atoms with Gasteiger partial charge in [0.15, 0.2) is 11.9 Å². The number of hydrogen-bond donors (Lipinski definition) is 2. The minimum Gasteiger partial charge on any atom is -0.378 e. The molecule has 1 atom stereocenters. The van der Waals surface area contributed by atoms with Gasteiger partial charge in [0.1, 0.15) is 0 Å². The Morgan fingerprint density at radius 1 is 1.45 bits per heavy atom. The molecule has 7 heteroatoms. The van der Waals surface area contributed by atoms with Crippen molar-refractivity contribution < 1.29 is 14.4 Å². The van der Waals surface area contributed by atoms with E-state index in [4.69, 9.17) is 16.1 Å². The maximum Gasteiger partial charge on any atom is 0.253 e. The number of nitrogens with zero attached hydrogens (tertiary/aromatic N) is 2. The van der Waals surface area contributed by atoms with Gasteiger partial charge in [0.2, 0.25) is 5.89 Å². The van der Waals surface area contributed by atoms with Crippen molar-refractivity contribution in [3.05, 3.63) is 46.6 Å². The third-order valence-electron chi connectivity index (χ3n) is 3.51. The molecule has 1 amide bonds. The van der Waals surface area contributed by atoms with Crippen molar-refractivity contribution in [2.24, 2.45) is 0 Å². The highest BCUT2D eigenvalue weighted by Gasteiger charge is 2.28. The number of nitrogens with one attached hydrogen (secondary N) is 1. The lowest BCUT2D eigenvalue weighted by Crippen LogP contribution is -2.31. The smallest absolute Gasteiger partial charge is 0.253 e. The van der Waals surface area contributed by atoms with Crippen LogP contribution < -0.4 is 5.32 Å². The Labute approximate surface area is 132 Å². The molecular formula is C15H16ClN3O3. The number of aliphatic hydroxyl groups is 1. The van der Waals surface area contributed by atoms with Gasteiger partial charge in [0, 0.05) is 29.5 Å². The van der Waals surface area contributed by atoms with Crippen molar-refractivity contribution in [2.75, 3.05) is 6.54 Å². The minimum atomic E-state index is -1.29. The highest BCUT2D eigenvalue weighted by Crippen LogP contribution is 2.38. The van der Waals surface area contributed by atoms with E-state index in [-0.39, 0.29) is 0 Å². The van der Waals surface area contributed by atoms with E-state index in [2.05, 4.69) is 15.5 Å². The molecule has 116 valence electrons. The summed E-state index contributed by atoms with van der Waals surface area (Å²) in [4.78, 5) is 16.2. The van der Waals surface area contributed by atoms with Gasteiger partial charge in [-0.3, -0.25) is 4.79 Å². The molecule has 2 aromatic rings. The largest absolute Gasteiger partial charge is 0.378 e. The molecule has 2 N–H and O–H groups in total. The van der Waals surface area contributed by atoms with E-state index in [1.54, 1.807) is 24.3 Å². The molecule has 3 rings (SSSR count). The zero-order valence-corrected chi connectivity index (χ0v) is 12.6. The third-order valence-corrected chi connectivity index (χ3v) is 3.86. The number of hydrogen-bond acceptors (Lipinski definition) is 5. The molecule has 0 bridgehead atoms. The van der Waals surface area contributed by atoms with Crippen molar-refractivity contribution in [1.29, 1.82) is 0 Å². The van der Waals surface area contributed by atoms with Crippen LogP contribution in [0.25, 0.3) is 0 Å². The summed E-state index contributed by atoms with van der Waals surface area (Å²) >= 11 is 5.96. The summed E-state index contributed by atoms with van der Waals surface area (Å²) in [7, 11) is 0. The summed E-state index contributed by atoms with van der Waals surface area (Å²) < 4.78 is 5.12. The second kappa shape index (κ2) is 6.46. The van der Waals surface area contributed by atoms with Crippen LogP contribution in [0.3, 0.4) is 0 Å².